The predicted octanol–water partition coefficient (Wildman–Crippen LogP) is 12.0. The molecule has 0 unspecified atom stereocenters. The van der Waals surface area contributed by atoms with Crippen LogP contribution in [-0.4, -0.2) is 0 Å². The van der Waals surface area contributed by atoms with Crippen molar-refractivity contribution in [2.24, 2.45) is 17.8 Å². The Morgan fingerprint density at radius 1 is 0.571 bits per heavy atom. The van der Waals surface area contributed by atoms with Gasteiger partial charge in [0.05, 0.1) is 0 Å². The lowest BCUT2D eigenvalue weighted by Crippen LogP contribution is -2.48. The Labute approximate surface area is 254 Å². The Morgan fingerprint density at radius 3 is 1.86 bits per heavy atom. The molecule has 5 aromatic rings. The van der Waals surface area contributed by atoms with Gasteiger partial charge < -0.3 is 4.90 Å². The zero-order valence-corrected chi connectivity index (χ0v) is 25.4. The molecular weight excluding hydrogens is 527 g/mol. The Balaban J connectivity index is 1.11. The maximum Gasteiger partial charge on any atom is 0.0476 e. The molecule has 0 aliphatic heterocycles. The molecule has 0 atom stereocenters. The van der Waals surface area contributed by atoms with Crippen LogP contribution in [0.4, 0.5) is 17.1 Å². The number of benzene rings is 4. The van der Waals surface area contributed by atoms with Crippen LogP contribution >= 0.6 is 11.3 Å². The molecular formula is C40H41NS. The van der Waals surface area contributed by atoms with Crippen molar-refractivity contribution in [1.29, 1.82) is 0 Å². The standard InChI is InChI=1S/C40H41NS/c1-2-6-30(7-3-1)31-10-14-33(15-11-31)41(35-18-19-37-36-8-4-5-9-38(36)42-39(37)23-35)34-16-12-32(13-17-34)40-24-27-20-28(25-40)22-29(21-27)26-40/h4-5,8-19,23,27-30H,1-3,6-7,20-22,24-26H2. The van der Waals surface area contributed by atoms with Crippen LogP contribution in [0, 0.1) is 17.8 Å². The van der Waals surface area contributed by atoms with Crippen molar-refractivity contribution in [2.45, 2.75) is 82.0 Å². The van der Waals surface area contributed by atoms with Crippen molar-refractivity contribution in [1.82, 2.24) is 0 Å². The first-order valence-corrected chi connectivity index (χ1v) is 17.4. The van der Waals surface area contributed by atoms with E-state index in [4.69, 9.17) is 0 Å². The normalized spacial score (nSPS) is 27.2. The van der Waals surface area contributed by atoms with Gasteiger partial charge in [-0.1, -0.05) is 67.8 Å². The molecule has 42 heavy (non-hydrogen) atoms. The summed E-state index contributed by atoms with van der Waals surface area (Å²) in [6.45, 7) is 0. The molecule has 1 nitrogen and oxygen atoms in total. The molecule has 0 N–H and O–H groups in total. The largest absolute Gasteiger partial charge is 0.310 e. The summed E-state index contributed by atoms with van der Waals surface area (Å²) in [5, 5.41) is 2.73. The van der Waals surface area contributed by atoms with Gasteiger partial charge in [-0.05, 0) is 134 Å². The second kappa shape index (κ2) is 9.98. The Hall–Kier alpha value is -3.10. The minimum Gasteiger partial charge on any atom is -0.310 e. The fourth-order valence-electron chi connectivity index (χ4n) is 10.1. The molecule has 4 bridgehead atoms. The molecule has 2 heteroatoms. The summed E-state index contributed by atoms with van der Waals surface area (Å²) >= 11 is 1.91. The van der Waals surface area contributed by atoms with Gasteiger partial charge in [0.15, 0.2) is 0 Å². The van der Waals surface area contributed by atoms with Crippen LogP contribution in [0.25, 0.3) is 20.2 Å². The number of rotatable bonds is 5. The van der Waals surface area contributed by atoms with Crippen LogP contribution in [0.15, 0.2) is 91.0 Å². The molecule has 0 radical (unpaired) electrons. The van der Waals surface area contributed by atoms with E-state index >= 15 is 0 Å². The molecule has 5 aliphatic carbocycles. The summed E-state index contributed by atoms with van der Waals surface area (Å²) in [6.07, 6.45) is 15.6. The summed E-state index contributed by atoms with van der Waals surface area (Å²) in [6, 6.07) is 35.4. The highest BCUT2D eigenvalue weighted by molar-refractivity contribution is 7.25. The summed E-state index contributed by atoms with van der Waals surface area (Å²) < 4.78 is 2.73. The molecule has 1 heterocycles. The van der Waals surface area contributed by atoms with Crippen LogP contribution in [0.2, 0.25) is 0 Å². The molecule has 212 valence electrons. The lowest BCUT2D eigenvalue weighted by molar-refractivity contribution is -0.00518. The topological polar surface area (TPSA) is 3.24 Å². The van der Waals surface area contributed by atoms with Gasteiger partial charge in [0.25, 0.3) is 0 Å². The van der Waals surface area contributed by atoms with Gasteiger partial charge >= 0.3 is 0 Å². The van der Waals surface area contributed by atoms with Crippen molar-refractivity contribution in [3.05, 3.63) is 102 Å². The van der Waals surface area contributed by atoms with E-state index in [9.17, 15) is 0 Å². The zero-order valence-electron chi connectivity index (χ0n) is 24.6. The summed E-state index contributed by atoms with van der Waals surface area (Å²) in [5.74, 6) is 3.66. The Bertz CT molecular complexity index is 1700. The first-order chi connectivity index (χ1) is 20.7. The monoisotopic (exact) mass is 567 g/mol. The first-order valence-electron chi connectivity index (χ1n) is 16.6. The average Bonchev–Trinajstić information content (AvgIpc) is 3.40. The average molecular weight is 568 g/mol. The highest BCUT2D eigenvalue weighted by Gasteiger charge is 2.51. The molecule has 5 fully saturated rings. The second-order valence-electron chi connectivity index (χ2n) is 14.3. The molecule has 1 aromatic heterocycles. The van der Waals surface area contributed by atoms with Gasteiger partial charge in [0.1, 0.15) is 0 Å². The fraction of sp³-hybridized carbons (Fsp3) is 0.400. The lowest BCUT2D eigenvalue weighted by atomic mass is 9.48. The van der Waals surface area contributed by atoms with E-state index in [2.05, 4.69) is 95.9 Å². The Kier molecular flexibility index (Phi) is 6.04. The number of nitrogens with zero attached hydrogens (tertiary/aromatic N) is 1. The molecule has 5 aliphatic rings. The minimum atomic E-state index is 0.440. The molecule has 10 rings (SSSR count). The highest BCUT2D eigenvalue weighted by atomic mass is 32.1. The van der Waals surface area contributed by atoms with Crippen LogP contribution in [0.1, 0.15) is 87.7 Å². The Morgan fingerprint density at radius 2 is 1.17 bits per heavy atom. The maximum atomic E-state index is 2.50. The van der Waals surface area contributed by atoms with Gasteiger partial charge in [-0.25, -0.2) is 0 Å². The van der Waals surface area contributed by atoms with Gasteiger partial charge in [-0.15, -0.1) is 11.3 Å². The third kappa shape index (κ3) is 4.24. The van der Waals surface area contributed by atoms with E-state index < -0.39 is 0 Å². The van der Waals surface area contributed by atoms with Crippen molar-refractivity contribution in [3.63, 3.8) is 0 Å². The second-order valence-corrected chi connectivity index (χ2v) is 15.4. The minimum absolute atomic E-state index is 0.440. The first kappa shape index (κ1) is 25.4. The third-order valence-corrected chi connectivity index (χ3v) is 12.8. The van der Waals surface area contributed by atoms with Crippen molar-refractivity contribution in [3.8, 4) is 0 Å². The van der Waals surface area contributed by atoms with Crippen LogP contribution in [-0.2, 0) is 5.41 Å². The van der Waals surface area contributed by atoms with E-state index in [0.717, 1.165) is 23.7 Å². The maximum absolute atomic E-state index is 2.50. The van der Waals surface area contributed by atoms with Crippen molar-refractivity contribution in [2.75, 3.05) is 4.90 Å². The molecule has 0 amide bonds. The lowest BCUT2D eigenvalue weighted by Gasteiger charge is -2.57. The summed E-state index contributed by atoms with van der Waals surface area (Å²) in [4.78, 5) is 2.50. The van der Waals surface area contributed by atoms with E-state index in [-0.39, 0.29) is 0 Å². The molecule has 0 spiro atoms. The molecule has 4 aromatic carbocycles. The molecule has 5 saturated carbocycles. The number of thiophene rings is 1. The van der Waals surface area contributed by atoms with E-state index in [1.165, 1.54) is 113 Å². The smallest absolute Gasteiger partial charge is 0.0476 e. The van der Waals surface area contributed by atoms with Crippen molar-refractivity contribution < 1.29 is 0 Å². The van der Waals surface area contributed by atoms with Crippen LogP contribution in [0.3, 0.4) is 0 Å². The fourth-order valence-corrected chi connectivity index (χ4v) is 11.2. The van der Waals surface area contributed by atoms with E-state index in [1.807, 2.05) is 11.3 Å². The third-order valence-electron chi connectivity index (χ3n) is 11.6. The van der Waals surface area contributed by atoms with Gasteiger partial charge in [0.2, 0.25) is 0 Å². The molecule has 0 saturated heterocycles. The van der Waals surface area contributed by atoms with Gasteiger partial charge in [0, 0.05) is 37.2 Å². The van der Waals surface area contributed by atoms with E-state index in [0.29, 0.717) is 5.41 Å². The summed E-state index contributed by atoms with van der Waals surface area (Å²) in [7, 11) is 0. The quantitative estimate of drug-likeness (QED) is 0.204. The van der Waals surface area contributed by atoms with Crippen LogP contribution < -0.4 is 4.90 Å². The van der Waals surface area contributed by atoms with E-state index in [1.54, 1.807) is 5.56 Å². The summed E-state index contributed by atoms with van der Waals surface area (Å²) in [5.41, 5.74) is 7.36. The SMILES string of the molecule is c1ccc2c(c1)sc1cc(N(c3ccc(C4CCCCC4)cc3)c3ccc(C45CC6CC(CC(C6)C4)C5)cc3)ccc12. The zero-order chi connectivity index (χ0) is 27.7. The predicted molar refractivity (Wildman–Crippen MR) is 180 cm³/mol. The number of hydrogen-bond acceptors (Lipinski definition) is 2. The number of fused-ring (bicyclic) bond motifs is 3. The van der Waals surface area contributed by atoms with Gasteiger partial charge in [-0.2, -0.15) is 0 Å². The number of hydrogen-bond donors (Lipinski definition) is 0. The number of anilines is 3. The van der Waals surface area contributed by atoms with Crippen LogP contribution in [0.5, 0.6) is 0 Å². The van der Waals surface area contributed by atoms with Crippen molar-refractivity contribution >= 4 is 48.6 Å². The van der Waals surface area contributed by atoms with Gasteiger partial charge in [-0.3, -0.25) is 0 Å². The highest BCUT2D eigenvalue weighted by Crippen LogP contribution is 2.61.